The van der Waals surface area contributed by atoms with Gasteiger partial charge in [0.05, 0.1) is 0 Å². The number of hydrogen-bond acceptors (Lipinski definition) is 3. The van der Waals surface area contributed by atoms with Gasteiger partial charge in [-0.3, -0.25) is 20.6 Å². The lowest BCUT2D eigenvalue weighted by Gasteiger charge is -2.17. The van der Waals surface area contributed by atoms with E-state index in [2.05, 4.69) is 15.8 Å². The number of amidine groups is 1. The highest BCUT2D eigenvalue weighted by molar-refractivity contribution is 5.92. The number of hydrazine groups is 1. The van der Waals surface area contributed by atoms with E-state index in [9.17, 15) is 4.79 Å². The fraction of sp³-hybridized carbons (Fsp3) is 0.667. The number of nitrogens with zero attached hydrogens (tertiary/aromatic N) is 1. The molecule has 0 aromatic rings. The summed E-state index contributed by atoms with van der Waals surface area (Å²) in [7, 11) is 0. The Morgan fingerprint density at radius 1 is 1.50 bits per heavy atom. The normalized spacial score (nSPS) is 17.9. The molecule has 0 fully saturated rings. The van der Waals surface area contributed by atoms with Crippen LogP contribution in [0, 0.1) is 5.92 Å². The van der Waals surface area contributed by atoms with Gasteiger partial charge < -0.3 is 0 Å². The summed E-state index contributed by atoms with van der Waals surface area (Å²) in [5.74, 6) is 1.12. The lowest BCUT2D eigenvalue weighted by molar-refractivity contribution is -0.120. The van der Waals surface area contributed by atoms with Gasteiger partial charge in [0.2, 0.25) is 0 Å². The van der Waals surface area contributed by atoms with Crippen molar-refractivity contribution in [1.29, 1.82) is 0 Å². The second kappa shape index (κ2) is 2.68. The maximum atomic E-state index is 10.6. The zero-order valence-corrected chi connectivity index (χ0v) is 6.14. The number of rotatable bonds is 1. The van der Waals surface area contributed by atoms with Gasteiger partial charge in [-0.15, -0.1) is 0 Å². The molecule has 0 saturated carbocycles. The summed E-state index contributed by atoms with van der Waals surface area (Å²) in [6.07, 6.45) is 0. The molecule has 4 nitrogen and oxygen atoms in total. The summed E-state index contributed by atoms with van der Waals surface area (Å²) >= 11 is 0. The van der Waals surface area contributed by atoms with Gasteiger partial charge in [0.25, 0.3) is 5.91 Å². The van der Waals surface area contributed by atoms with Crippen molar-refractivity contribution >= 4 is 11.7 Å². The summed E-state index contributed by atoms with van der Waals surface area (Å²) in [6.45, 7) is 4.28. The molecule has 0 aromatic carbocycles. The van der Waals surface area contributed by atoms with Crippen LogP contribution in [0.3, 0.4) is 0 Å². The highest BCUT2D eigenvalue weighted by atomic mass is 16.2. The highest BCUT2D eigenvalue weighted by Gasteiger charge is 2.11. The Morgan fingerprint density at radius 3 is 2.60 bits per heavy atom. The third-order valence-corrected chi connectivity index (χ3v) is 1.27. The average molecular weight is 141 g/mol. The van der Waals surface area contributed by atoms with Gasteiger partial charge >= 0.3 is 0 Å². The molecular weight excluding hydrogens is 130 g/mol. The van der Waals surface area contributed by atoms with E-state index in [1.54, 1.807) is 0 Å². The van der Waals surface area contributed by atoms with E-state index >= 15 is 0 Å². The number of aliphatic imine (C=N–C) groups is 1. The molecule has 2 N–H and O–H groups in total. The van der Waals surface area contributed by atoms with Crippen molar-refractivity contribution < 1.29 is 4.79 Å². The van der Waals surface area contributed by atoms with Crippen LogP contribution in [0.1, 0.15) is 13.8 Å². The van der Waals surface area contributed by atoms with Crippen molar-refractivity contribution in [2.24, 2.45) is 10.9 Å². The van der Waals surface area contributed by atoms with Crippen molar-refractivity contribution in [3.8, 4) is 0 Å². The Morgan fingerprint density at radius 2 is 2.20 bits per heavy atom. The van der Waals surface area contributed by atoms with E-state index in [-0.39, 0.29) is 12.5 Å². The third kappa shape index (κ3) is 1.46. The third-order valence-electron chi connectivity index (χ3n) is 1.27. The number of carbonyl (C=O) groups is 1. The molecule has 10 heavy (non-hydrogen) atoms. The molecule has 0 radical (unpaired) electrons. The lowest BCUT2D eigenvalue weighted by Crippen LogP contribution is -2.48. The minimum absolute atomic E-state index is 0.0793. The first-order valence-electron chi connectivity index (χ1n) is 3.29. The molecule has 0 unspecified atom stereocenters. The fourth-order valence-electron chi connectivity index (χ4n) is 0.697. The molecule has 4 heteroatoms. The molecule has 1 amide bonds. The molecule has 1 heterocycles. The van der Waals surface area contributed by atoms with Crippen LogP contribution >= 0.6 is 0 Å². The number of nitrogens with one attached hydrogen (secondary N) is 2. The molecule has 0 atom stereocenters. The second-order valence-electron chi connectivity index (χ2n) is 2.53. The van der Waals surface area contributed by atoms with Crippen LogP contribution in [0.15, 0.2) is 4.99 Å². The van der Waals surface area contributed by atoms with Gasteiger partial charge in [-0.25, -0.2) is 0 Å². The average Bonchev–Trinajstić information content (AvgIpc) is 1.88. The van der Waals surface area contributed by atoms with Gasteiger partial charge in [-0.05, 0) is 0 Å². The molecule has 0 saturated heterocycles. The standard InChI is InChI=1S/C6H11N3O/c1-4(2)6-7-3-5(10)8-9-6/h4H,3H2,1-2H3,(H,7,9)(H,8,10). The van der Waals surface area contributed by atoms with Gasteiger partial charge in [-0.1, -0.05) is 13.8 Å². The fourth-order valence-corrected chi connectivity index (χ4v) is 0.697. The molecule has 0 aliphatic carbocycles. The van der Waals surface area contributed by atoms with Crippen molar-refractivity contribution in [1.82, 2.24) is 10.9 Å². The zero-order chi connectivity index (χ0) is 7.56. The van der Waals surface area contributed by atoms with E-state index in [0.717, 1.165) is 5.84 Å². The SMILES string of the molecule is CC(C)C1=NCC(=O)NN1. The quantitative estimate of drug-likeness (QED) is 0.525. The molecule has 1 aliphatic rings. The molecule has 0 spiro atoms. The topological polar surface area (TPSA) is 53.5 Å². The molecule has 0 aromatic heterocycles. The highest BCUT2D eigenvalue weighted by Crippen LogP contribution is 1.95. The summed E-state index contributed by atoms with van der Waals surface area (Å²) < 4.78 is 0. The molecule has 1 rings (SSSR count). The van der Waals surface area contributed by atoms with Gasteiger partial charge in [0.15, 0.2) is 0 Å². The first kappa shape index (κ1) is 7.05. The lowest BCUT2D eigenvalue weighted by atomic mass is 10.2. The Labute approximate surface area is 59.7 Å². The van der Waals surface area contributed by atoms with Crippen molar-refractivity contribution in [3.05, 3.63) is 0 Å². The van der Waals surface area contributed by atoms with Crippen LogP contribution in [0.4, 0.5) is 0 Å². The van der Waals surface area contributed by atoms with Crippen LogP contribution in [0.25, 0.3) is 0 Å². The van der Waals surface area contributed by atoms with Crippen LogP contribution in [-0.4, -0.2) is 18.3 Å². The Bertz CT molecular complexity index is 174. The van der Waals surface area contributed by atoms with Crippen molar-refractivity contribution in [3.63, 3.8) is 0 Å². The Hall–Kier alpha value is -1.06. The second-order valence-corrected chi connectivity index (χ2v) is 2.53. The minimum atomic E-state index is -0.0793. The Balaban J connectivity index is 2.56. The van der Waals surface area contributed by atoms with E-state index < -0.39 is 0 Å². The molecular formula is C6H11N3O. The van der Waals surface area contributed by atoms with E-state index in [4.69, 9.17) is 0 Å². The van der Waals surface area contributed by atoms with Gasteiger partial charge in [0, 0.05) is 5.92 Å². The monoisotopic (exact) mass is 141 g/mol. The molecule has 56 valence electrons. The summed E-state index contributed by atoms with van der Waals surface area (Å²) in [4.78, 5) is 14.6. The zero-order valence-electron chi connectivity index (χ0n) is 6.14. The maximum Gasteiger partial charge on any atom is 0.260 e. The summed E-state index contributed by atoms with van der Waals surface area (Å²) in [6, 6.07) is 0. The minimum Gasteiger partial charge on any atom is -0.285 e. The van der Waals surface area contributed by atoms with Gasteiger partial charge in [-0.2, -0.15) is 0 Å². The summed E-state index contributed by atoms with van der Waals surface area (Å²) in [5, 5.41) is 0. The predicted octanol–water partition coefficient (Wildman–Crippen LogP) is -0.325. The first-order chi connectivity index (χ1) is 4.70. The van der Waals surface area contributed by atoms with Crippen LogP contribution in [0.2, 0.25) is 0 Å². The largest absolute Gasteiger partial charge is 0.285 e. The van der Waals surface area contributed by atoms with E-state index in [0.29, 0.717) is 5.92 Å². The van der Waals surface area contributed by atoms with Crippen molar-refractivity contribution in [2.75, 3.05) is 6.54 Å². The molecule has 1 aliphatic heterocycles. The van der Waals surface area contributed by atoms with Gasteiger partial charge in [0.1, 0.15) is 12.4 Å². The van der Waals surface area contributed by atoms with Crippen LogP contribution in [-0.2, 0) is 4.79 Å². The number of carbonyl (C=O) groups excluding carboxylic acids is 1. The Kier molecular flexibility index (Phi) is 1.89. The van der Waals surface area contributed by atoms with Crippen LogP contribution < -0.4 is 10.9 Å². The van der Waals surface area contributed by atoms with Crippen molar-refractivity contribution in [2.45, 2.75) is 13.8 Å². The smallest absolute Gasteiger partial charge is 0.260 e. The summed E-state index contributed by atoms with van der Waals surface area (Å²) in [5.41, 5.74) is 5.21. The van der Waals surface area contributed by atoms with E-state index in [1.165, 1.54) is 0 Å². The van der Waals surface area contributed by atoms with E-state index in [1.807, 2.05) is 13.8 Å². The predicted molar refractivity (Wildman–Crippen MR) is 38.4 cm³/mol. The number of amides is 1. The first-order valence-corrected chi connectivity index (χ1v) is 3.29. The van der Waals surface area contributed by atoms with Crippen LogP contribution in [0.5, 0.6) is 0 Å². The number of hydrogen-bond donors (Lipinski definition) is 2. The maximum absolute atomic E-state index is 10.6. The molecule has 0 bridgehead atoms.